The minimum Gasteiger partial charge on any atom is -0.378 e. The molecule has 2 aliphatic heterocycles. The van der Waals surface area contributed by atoms with Gasteiger partial charge in [-0.25, -0.2) is 0 Å². The molecule has 3 aliphatic rings. The van der Waals surface area contributed by atoms with Gasteiger partial charge in [-0.15, -0.1) is 0 Å². The number of hydrogen-bond donors (Lipinski definition) is 1. The van der Waals surface area contributed by atoms with Crippen LogP contribution in [0.5, 0.6) is 0 Å². The predicted octanol–water partition coefficient (Wildman–Crippen LogP) is 1.38. The zero-order valence-corrected chi connectivity index (χ0v) is 10.7. The third-order valence-electron chi connectivity index (χ3n) is 4.88. The van der Waals surface area contributed by atoms with Crippen molar-refractivity contribution in [2.24, 2.45) is 5.92 Å². The Morgan fingerprint density at radius 3 is 2.56 bits per heavy atom. The van der Waals surface area contributed by atoms with E-state index in [4.69, 9.17) is 4.74 Å². The lowest BCUT2D eigenvalue weighted by Crippen LogP contribution is -2.36. The molecule has 0 aromatic heterocycles. The van der Waals surface area contributed by atoms with E-state index in [1.54, 1.807) is 0 Å². The van der Waals surface area contributed by atoms with Crippen LogP contribution in [0.3, 0.4) is 0 Å². The van der Waals surface area contributed by atoms with Crippen molar-refractivity contribution >= 4 is 5.69 Å². The molecule has 0 spiro atoms. The number of piperidine rings is 1. The first kappa shape index (κ1) is 10.8. The van der Waals surface area contributed by atoms with Crippen LogP contribution >= 0.6 is 0 Å². The van der Waals surface area contributed by atoms with Gasteiger partial charge in [0.25, 0.3) is 0 Å². The Morgan fingerprint density at radius 2 is 1.94 bits per heavy atom. The highest BCUT2D eigenvalue weighted by Crippen LogP contribution is 2.56. The Kier molecular flexibility index (Phi) is 2.39. The van der Waals surface area contributed by atoms with Gasteiger partial charge in [0.15, 0.2) is 0 Å². The van der Waals surface area contributed by atoms with Crippen molar-refractivity contribution < 1.29 is 4.74 Å². The predicted molar refractivity (Wildman–Crippen MR) is 72.1 cm³/mol. The second kappa shape index (κ2) is 3.97. The van der Waals surface area contributed by atoms with Crippen molar-refractivity contribution in [2.75, 3.05) is 44.3 Å². The molecule has 1 N–H and O–H groups in total. The molecular formula is C15H20N2O. The zero-order valence-electron chi connectivity index (χ0n) is 10.7. The quantitative estimate of drug-likeness (QED) is 0.850. The second-order valence-electron chi connectivity index (χ2n) is 5.83. The van der Waals surface area contributed by atoms with E-state index in [9.17, 15) is 0 Å². The van der Waals surface area contributed by atoms with E-state index >= 15 is 0 Å². The Hall–Kier alpha value is -1.06. The van der Waals surface area contributed by atoms with E-state index in [0.29, 0.717) is 5.41 Å². The van der Waals surface area contributed by atoms with Crippen molar-refractivity contribution in [3.63, 3.8) is 0 Å². The van der Waals surface area contributed by atoms with Crippen molar-refractivity contribution in [1.29, 1.82) is 0 Å². The number of hydrogen-bond acceptors (Lipinski definition) is 3. The van der Waals surface area contributed by atoms with Gasteiger partial charge in [0.1, 0.15) is 0 Å². The minimum atomic E-state index is 0.490. The highest BCUT2D eigenvalue weighted by atomic mass is 16.5. The topological polar surface area (TPSA) is 24.5 Å². The van der Waals surface area contributed by atoms with E-state index < -0.39 is 0 Å². The maximum absolute atomic E-state index is 5.40. The smallest absolute Gasteiger partial charge is 0.0642 e. The monoisotopic (exact) mass is 244 g/mol. The number of morpholine rings is 1. The Balaban J connectivity index is 1.54. The fourth-order valence-corrected chi connectivity index (χ4v) is 3.62. The highest BCUT2D eigenvalue weighted by molar-refractivity contribution is 5.50. The molecule has 1 aromatic rings. The van der Waals surface area contributed by atoms with Crippen LogP contribution in [0.2, 0.25) is 0 Å². The van der Waals surface area contributed by atoms with Crippen LogP contribution in [0, 0.1) is 5.92 Å². The molecule has 0 unspecified atom stereocenters. The van der Waals surface area contributed by atoms with Gasteiger partial charge in [-0.2, -0.15) is 0 Å². The van der Waals surface area contributed by atoms with Crippen LogP contribution in [0.15, 0.2) is 24.3 Å². The van der Waals surface area contributed by atoms with Gasteiger partial charge in [0.2, 0.25) is 0 Å². The van der Waals surface area contributed by atoms with Crippen molar-refractivity contribution in [2.45, 2.75) is 11.8 Å². The molecule has 1 saturated carbocycles. The van der Waals surface area contributed by atoms with E-state index in [-0.39, 0.29) is 0 Å². The molecule has 3 fully saturated rings. The van der Waals surface area contributed by atoms with Crippen LogP contribution in [0.25, 0.3) is 0 Å². The molecule has 2 heterocycles. The molecule has 1 aromatic carbocycles. The van der Waals surface area contributed by atoms with Crippen LogP contribution in [-0.4, -0.2) is 39.4 Å². The standard InChI is InChI=1S/C15H20N2O/c1-3-14(17-5-7-18-8-6-17)4-2-12(1)15-9-13(15)10-16-11-15/h1-4,13,16H,5-11H2/t13-,15+/m1/s1. The first-order valence-electron chi connectivity index (χ1n) is 7.02. The summed E-state index contributed by atoms with van der Waals surface area (Å²) in [5, 5.41) is 3.51. The number of anilines is 1. The fourth-order valence-electron chi connectivity index (χ4n) is 3.62. The molecule has 1 aliphatic carbocycles. The molecule has 96 valence electrons. The summed E-state index contributed by atoms with van der Waals surface area (Å²) in [5.74, 6) is 0.895. The number of nitrogens with one attached hydrogen (secondary N) is 1. The summed E-state index contributed by atoms with van der Waals surface area (Å²) in [6.45, 7) is 6.15. The average Bonchev–Trinajstić information content (AvgIpc) is 3.02. The Bertz CT molecular complexity index is 438. The molecule has 3 heteroatoms. The maximum Gasteiger partial charge on any atom is 0.0642 e. The minimum absolute atomic E-state index is 0.490. The summed E-state index contributed by atoms with van der Waals surface area (Å²) in [5.41, 5.74) is 3.37. The van der Waals surface area contributed by atoms with Crippen LogP contribution in [-0.2, 0) is 10.2 Å². The summed E-state index contributed by atoms with van der Waals surface area (Å²) in [4.78, 5) is 2.42. The second-order valence-corrected chi connectivity index (χ2v) is 5.83. The van der Waals surface area contributed by atoms with Crippen molar-refractivity contribution in [3.05, 3.63) is 29.8 Å². The summed E-state index contributed by atoms with van der Waals surface area (Å²) < 4.78 is 5.40. The number of rotatable bonds is 2. The van der Waals surface area contributed by atoms with Gasteiger partial charge in [-0.3, -0.25) is 0 Å². The van der Waals surface area contributed by atoms with Crippen LogP contribution in [0.1, 0.15) is 12.0 Å². The summed E-state index contributed by atoms with van der Waals surface area (Å²) in [6.07, 6.45) is 1.39. The molecule has 0 radical (unpaired) electrons. The summed E-state index contributed by atoms with van der Waals surface area (Å²) >= 11 is 0. The number of fused-ring (bicyclic) bond motifs is 1. The first-order valence-corrected chi connectivity index (χ1v) is 7.02. The van der Waals surface area contributed by atoms with E-state index in [0.717, 1.165) is 32.2 Å². The Labute approximate surface area is 108 Å². The van der Waals surface area contributed by atoms with E-state index in [1.165, 1.54) is 30.8 Å². The molecule has 2 atom stereocenters. The lowest BCUT2D eigenvalue weighted by Gasteiger charge is -2.29. The van der Waals surface area contributed by atoms with Gasteiger partial charge in [-0.05, 0) is 36.6 Å². The highest BCUT2D eigenvalue weighted by Gasteiger charge is 2.57. The van der Waals surface area contributed by atoms with Crippen LogP contribution in [0.4, 0.5) is 5.69 Å². The summed E-state index contributed by atoms with van der Waals surface area (Å²) in [7, 11) is 0. The SMILES string of the molecule is c1cc([C@]23CNC[C@H]2C3)ccc1N1CCOCC1. The van der Waals surface area contributed by atoms with Crippen molar-refractivity contribution in [1.82, 2.24) is 5.32 Å². The molecule has 0 bridgehead atoms. The number of benzene rings is 1. The average molecular weight is 244 g/mol. The van der Waals surface area contributed by atoms with Gasteiger partial charge in [0.05, 0.1) is 13.2 Å². The first-order chi connectivity index (χ1) is 8.88. The maximum atomic E-state index is 5.40. The van der Waals surface area contributed by atoms with Crippen LogP contribution < -0.4 is 10.2 Å². The van der Waals surface area contributed by atoms with E-state index in [1.807, 2.05) is 0 Å². The van der Waals surface area contributed by atoms with Gasteiger partial charge in [-0.1, -0.05) is 12.1 Å². The van der Waals surface area contributed by atoms with Gasteiger partial charge < -0.3 is 15.0 Å². The fraction of sp³-hybridized carbons (Fsp3) is 0.600. The summed E-state index contributed by atoms with van der Waals surface area (Å²) in [6, 6.07) is 9.28. The lowest BCUT2D eigenvalue weighted by atomic mass is 9.95. The number of nitrogens with zero attached hydrogens (tertiary/aromatic N) is 1. The largest absolute Gasteiger partial charge is 0.378 e. The Morgan fingerprint density at radius 1 is 1.17 bits per heavy atom. The normalized spacial score (nSPS) is 34.4. The molecular weight excluding hydrogens is 224 g/mol. The van der Waals surface area contributed by atoms with E-state index in [2.05, 4.69) is 34.5 Å². The van der Waals surface area contributed by atoms with Gasteiger partial charge in [0, 0.05) is 30.7 Å². The third-order valence-corrected chi connectivity index (χ3v) is 4.88. The third kappa shape index (κ3) is 1.57. The molecule has 18 heavy (non-hydrogen) atoms. The van der Waals surface area contributed by atoms with Gasteiger partial charge >= 0.3 is 0 Å². The lowest BCUT2D eigenvalue weighted by molar-refractivity contribution is 0.122. The molecule has 0 amide bonds. The number of ether oxygens (including phenoxy) is 1. The molecule has 3 nitrogen and oxygen atoms in total. The molecule has 4 rings (SSSR count). The zero-order chi connectivity index (χ0) is 12.0. The molecule has 2 saturated heterocycles. The van der Waals surface area contributed by atoms with Crippen molar-refractivity contribution in [3.8, 4) is 0 Å².